The smallest absolute Gasteiger partial charge is 0.341 e. The number of thiophene rings is 1. The summed E-state index contributed by atoms with van der Waals surface area (Å²) in [7, 11) is 0. The quantitative estimate of drug-likeness (QED) is 0.286. The Labute approximate surface area is 194 Å². The van der Waals surface area contributed by atoms with Crippen LogP contribution in [0.4, 0.5) is 5.00 Å². The number of phenols is 1. The Kier molecular flexibility index (Phi) is 7.34. The van der Waals surface area contributed by atoms with E-state index in [1.54, 1.807) is 19.1 Å². The van der Waals surface area contributed by atoms with E-state index in [0.29, 0.717) is 25.1 Å². The zero-order valence-electron chi connectivity index (χ0n) is 16.1. The van der Waals surface area contributed by atoms with Gasteiger partial charge in [-0.3, -0.25) is 4.79 Å². The number of carbonyl (C=O) groups excluding carboxylic acids is 2. The summed E-state index contributed by atoms with van der Waals surface area (Å²) in [6.45, 7) is 1.98. The van der Waals surface area contributed by atoms with Gasteiger partial charge in [0.25, 0.3) is 5.91 Å². The lowest BCUT2D eigenvalue weighted by Gasteiger charge is -2.12. The third-order valence-corrected chi connectivity index (χ3v) is 7.01. The first-order valence-corrected chi connectivity index (χ1v) is 11.7. The summed E-state index contributed by atoms with van der Waals surface area (Å²) in [5, 5.41) is 22.5. The molecule has 3 rings (SSSR count). The molecule has 1 aliphatic carbocycles. The van der Waals surface area contributed by atoms with E-state index in [1.165, 1.54) is 17.4 Å². The van der Waals surface area contributed by atoms with Crippen LogP contribution in [0, 0.1) is 11.3 Å². The number of benzene rings is 1. The highest BCUT2D eigenvalue weighted by molar-refractivity contribution is 9.11. The maximum Gasteiger partial charge on any atom is 0.341 e. The number of ether oxygens (including phenoxy) is 1. The Bertz CT molecular complexity index is 1060. The summed E-state index contributed by atoms with van der Waals surface area (Å²) in [4.78, 5) is 26.4. The lowest BCUT2D eigenvalue weighted by Crippen LogP contribution is -2.16. The summed E-state index contributed by atoms with van der Waals surface area (Å²) < 4.78 is 6.05. The van der Waals surface area contributed by atoms with E-state index in [-0.39, 0.29) is 17.9 Å². The average Bonchev–Trinajstić information content (AvgIpc) is 3.08. The van der Waals surface area contributed by atoms with Gasteiger partial charge in [0, 0.05) is 4.88 Å². The van der Waals surface area contributed by atoms with Crippen LogP contribution in [-0.2, 0) is 22.4 Å². The number of nitrogens with one attached hydrogen (secondary N) is 1. The van der Waals surface area contributed by atoms with Gasteiger partial charge in [-0.1, -0.05) is 0 Å². The standard InChI is InChI=1S/C21H18Br2N2O4S/c1-2-29-21(28)17-13-5-3-4-6-16(13)30-20(17)25-19(27)12(10-24)7-11-8-14(22)18(26)15(23)9-11/h7-9,26H,2-6H2,1H3,(H,25,27)/b12-7-. The fourth-order valence-corrected chi connectivity index (χ4v) is 5.72. The highest BCUT2D eigenvalue weighted by Crippen LogP contribution is 2.39. The van der Waals surface area contributed by atoms with Crippen LogP contribution in [0.15, 0.2) is 26.7 Å². The van der Waals surface area contributed by atoms with Gasteiger partial charge in [0.2, 0.25) is 0 Å². The molecule has 30 heavy (non-hydrogen) atoms. The van der Waals surface area contributed by atoms with E-state index < -0.39 is 11.9 Å². The van der Waals surface area contributed by atoms with Crippen LogP contribution in [-0.4, -0.2) is 23.6 Å². The number of amides is 1. The maximum atomic E-state index is 12.8. The van der Waals surface area contributed by atoms with Crippen molar-refractivity contribution in [3.8, 4) is 11.8 Å². The molecule has 0 aliphatic heterocycles. The topological polar surface area (TPSA) is 99.4 Å². The number of hydrogen-bond acceptors (Lipinski definition) is 6. The molecule has 0 spiro atoms. The van der Waals surface area contributed by atoms with Crippen molar-refractivity contribution in [2.75, 3.05) is 11.9 Å². The number of rotatable bonds is 5. The zero-order chi connectivity index (χ0) is 21.8. The van der Waals surface area contributed by atoms with Crippen LogP contribution < -0.4 is 5.32 Å². The summed E-state index contributed by atoms with van der Waals surface area (Å²) in [6.07, 6.45) is 5.07. The minimum Gasteiger partial charge on any atom is -0.506 e. The number of aromatic hydroxyl groups is 1. The van der Waals surface area contributed by atoms with Gasteiger partial charge in [0.15, 0.2) is 0 Å². The average molecular weight is 554 g/mol. The Morgan fingerprint density at radius 2 is 1.97 bits per heavy atom. The largest absolute Gasteiger partial charge is 0.506 e. The van der Waals surface area contributed by atoms with Crippen LogP contribution in [0.1, 0.15) is 46.1 Å². The first-order chi connectivity index (χ1) is 14.3. The van der Waals surface area contributed by atoms with E-state index in [1.807, 2.05) is 6.07 Å². The molecule has 0 atom stereocenters. The molecule has 0 saturated carbocycles. The van der Waals surface area contributed by atoms with Crippen LogP contribution in [0.2, 0.25) is 0 Å². The SMILES string of the molecule is CCOC(=O)c1c(NC(=O)/C(C#N)=C\c2cc(Br)c(O)c(Br)c2)sc2c1CCCC2. The lowest BCUT2D eigenvalue weighted by atomic mass is 9.95. The van der Waals surface area contributed by atoms with Crippen molar-refractivity contribution in [2.24, 2.45) is 0 Å². The minimum absolute atomic E-state index is 0.0263. The molecule has 1 heterocycles. The van der Waals surface area contributed by atoms with Crippen molar-refractivity contribution in [1.82, 2.24) is 0 Å². The molecule has 2 aromatic rings. The van der Waals surface area contributed by atoms with Crippen LogP contribution in [0.25, 0.3) is 6.08 Å². The van der Waals surface area contributed by atoms with Gasteiger partial charge < -0.3 is 15.2 Å². The van der Waals surface area contributed by atoms with Gasteiger partial charge in [-0.25, -0.2) is 4.79 Å². The Morgan fingerprint density at radius 1 is 1.30 bits per heavy atom. The molecule has 9 heteroatoms. The van der Waals surface area contributed by atoms with Crippen LogP contribution in [0.5, 0.6) is 5.75 Å². The number of aryl methyl sites for hydroxylation is 1. The van der Waals surface area contributed by atoms with Gasteiger partial charge in [0.05, 0.1) is 21.1 Å². The Balaban J connectivity index is 1.93. The highest BCUT2D eigenvalue weighted by atomic mass is 79.9. The molecule has 1 aromatic heterocycles. The Hall–Kier alpha value is -2.15. The van der Waals surface area contributed by atoms with Gasteiger partial charge in [-0.05, 0) is 93.8 Å². The number of hydrogen-bond donors (Lipinski definition) is 2. The van der Waals surface area contributed by atoms with Crippen LogP contribution >= 0.6 is 43.2 Å². The third-order valence-electron chi connectivity index (χ3n) is 4.59. The van der Waals surface area contributed by atoms with E-state index in [2.05, 4.69) is 37.2 Å². The number of phenolic OH excluding ortho intramolecular Hbond substituents is 1. The normalized spacial score (nSPS) is 13.3. The summed E-state index contributed by atoms with van der Waals surface area (Å²) >= 11 is 7.83. The van der Waals surface area contributed by atoms with E-state index in [9.17, 15) is 20.0 Å². The molecule has 156 valence electrons. The molecule has 2 N–H and O–H groups in total. The molecule has 1 amide bonds. The predicted octanol–water partition coefficient (Wildman–Crippen LogP) is 5.58. The zero-order valence-corrected chi connectivity index (χ0v) is 20.0. The molecule has 1 aliphatic rings. The van der Waals surface area contributed by atoms with Gasteiger partial charge in [-0.2, -0.15) is 5.26 Å². The number of anilines is 1. The number of esters is 1. The summed E-state index contributed by atoms with van der Waals surface area (Å²) in [5.74, 6) is -1.04. The summed E-state index contributed by atoms with van der Waals surface area (Å²) in [6, 6.07) is 5.10. The van der Waals surface area contributed by atoms with Crippen molar-refractivity contribution >= 4 is 66.2 Å². The van der Waals surface area contributed by atoms with E-state index in [0.717, 1.165) is 36.1 Å². The van der Waals surface area contributed by atoms with Crippen molar-refractivity contribution in [3.05, 3.63) is 48.2 Å². The first-order valence-electron chi connectivity index (χ1n) is 9.28. The number of fused-ring (bicyclic) bond motifs is 1. The molecular weight excluding hydrogens is 536 g/mol. The van der Waals surface area contributed by atoms with E-state index >= 15 is 0 Å². The lowest BCUT2D eigenvalue weighted by molar-refractivity contribution is -0.112. The summed E-state index contributed by atoms with van der Waals surface area (Å²) in [5.41, 5.74) is 1.77. The second-order valence-corrected chi connectivity index (χ2v) is 9.41. The molecule has 0 radical (unpaired) electrons. The number of carbonyl (C=O) groups is 2. The molecular formula is C21H18Br2N2O4S. The van der Waals surface area contributed by atoms with Crippen LogP contribution in [0.3, 0.4) is 0 Å². The Morgan fingerprint density at radius 3 is 2.60 bits per heavy atom. The fourth-order valence-electron chi connectivity index (χ4n) is 3.23. The third kappa shape index (κ3) is 4.77. The van der Waals surface area contributed by atoms with E-state index in [4.69, 9.17) is 4.74 Å². The molecule has 0 unspecified atom stereocenters. The minimum atomic E-state index is -0.609. The second-order valence-electron chi connectivity index (χ2n) is 6.59. The van der Waals surface area contributed by atoms with Gasteiger partial charge in [-0.15, -0.1) is 11.3 Å². The molecule has 6 nitrogen and oxygen atoms in total. The monoisotopic (exact) mass is 552 g/mol. The number of halogens is 2. The molecule has 1 aromatic carbocycles. The van der Waals surface area contributed by atoms with Gasteiger partial charge in [0.1, 0.15) is 22.4 Å². The second kappa shape index (κ2) is 9.77. The fraction of sp³-hybridized carbons (Fsp3) is 0.286. The molecule has 0 saturated heterocycles. The van der Waals surface area contributed by atoms with Crippen molar-refractivity contribution in [2.45, 2.75) is 32.6 Å². The van der Waals surface area contributed by atoms with Crippen molar-refractivity contribution < 1.29 is 19.4 Å². The predicted molar refractivity (Wildman–Crippen MR) is 123 cm³/mol. The van der Waals surface area contributed by atoms with Crippen molar-refractivity contribution in [3.63, 3.8) is 0 Å². The highest BCUT2D eigenvalue weighted by Gasteiger charge is 2.27. The first kappa shape index (κ1) is 22.5. The molecule has 0 fully saturated rings. The van der Waals surface area contributed by atoms with Gasteiger partial charge >= 0.3 is 5.97 Å². The number of nitriles is 1. The molecule has 0 bridgehead atoms. The number of nitrogens with zero attached hydrogens (tertiary/aromatic N) is 1. The van der Waals surface area contributed by atoms with Crippen molar-refractivity contribution in [1.29, 1.82) is 5.26 Å². The maximum absolute atomic E-state index is 12.8.